The van der Waals surface area contributed by atoms with Crippen molar-refractivity contribution in [3.8, 4) is 0 Å². The molecule has 0 unspecified atom stereocenters. The fourth-order valence-corrected chi connectivity index (χ4v) is 3.62. The molecule has 0 fully saturated rings. The summed E-state index contributed by atoms with van der Waals surface area (Å²) in [5, 5.41) is 1.51. The van der Waals surface area contributed by atoms with E-state index in [4.69, 9.17) is 0 Å². The van der Waals surface area contributed by atoms with Crippen molar-refractivity contribution in [2.75, 3.05) is 14.1 Å². The average molecular weight is 233 g/mol. The molecule has 0 amide bonds. The fraction of sp³-hybridized carbons (Fsp3) is 0.429. The summed E-state index contributed by atoms with van der Waals surface area (Å²) in [4.78, 5) is 2.26. The summed E-state index contributed by atoms with van der Waals surface area (Å²) in [6.45, 7) is 11.0. The zero-order valence-electron chi connectivity index (χ0n) is 11.1. The first-order valence-corrected chi connectivity index (χ1v) is 8.87. The van der Waals surface area contributed by atoms with Crippen LogP contribution in [0, 0.1) is 0 Å². The lowest BCUT2D eigenvalue weighted by Crippen LogP contribution is -2.43. The van der Waals surface area contributed by atoms with E-state index in [-0.39, 0.29) is 0 Å². The Morgan fingerprint density at radius 1 is 1.25 bits per heavy atom. The molecule has 0 saturated carbocycles. The van der Waals surface area contributed by atoms with Crippen molar-refractivity contribution in [3.05, 3.63) is 42.1 Å². The molecule has 1 aromatic rings. The van der Waals surface area contributed by atoms with Crippen LogP contribution < -0.4 is 5.19 Å². The smallest absolute Gasteiger partial charge is 0.104 e. The summed E-state index contributed by atoms with van der Waals surface area (Å²) >= 11 is 0. The molecule has 2 heteroatoms. The Morgan fingerprint density at radius 3 is 2.31 bits per heavy atom. The van der Waals surface area contributed by atoms with Gasteiger partial charge < -0.3 is 4.90 Å². The van der Waals surface area contributed by atoms with Crippen LogP contribution in [0.15, 0.2) is 36.5 Å². The molecule has 0 bridgehead atoms. The van der Waals surface area contributed by atoms with Gasteiger partial charge in [0.2, 0.25) is 0 Å². The lowest BCUT2D eigenvalue weighted by Gasteiger charge is -2.28. The number of hydrogen-bond donors (Lipinski definition) is 0. The summed E-state index contributed by atoms with van der Waals surface area (Å²) in [5.74, 6) is 0. The fourth-order valence-electron chi connectivity index (χ4n) is 1.84. The third-order valence-electron chi connectivity index (χ3n) is 3.39. The molecule has 88 valence electrons. The van der Waals surface area contributed by atoms with Gasteiger partial charge in [0.25, 0.3) is 0 Å². The second kappa shape index (κ2) is 4.98. The largest absolute Gasteiger partial charge is 0.303 e. The van der Waals surface area contributed by atoms with Crippen molar-refractivity contribution in [3.63, 3.8) is 0 Å². The van der Waals surface area contributed by atoms with Gasteiger partial charge in [0.15, 0.2) is 0 Å². The molecule has 16 heavy (non-hydrogen) atoms. The third-order valence-corrected chi connectivity index (χ3v) is 6.25. The maximum absolute atomic E-state index is 4.00. The lowest BCUT2D eigenvalue weighted by molar-refractivity contribution is 0.322. The predicted octanol–water partition coefficient (Wildman–Crippen LogP) is 2.95. The monoisotopic (exact) mass is 233 g/mol. The predicted molar refractivity (Wildman–Crippen MR) is 75.9 cm³/mol. The molecular weight excluding hydrogens is 210 g/mol. The maximum atomic E-state index is 4.00. The molecular formula is C14H23NSi. The van der Waals surface area contributed by atoms with Crippen molar-refractivity contribution >= 4 is 13.3 Å². The van der Waals surface area contributed by atoms with E-state index in [1.807, 2.05) is 0 Å². The highest BCUT2D eigenvalue weighted by Crippen LogP contribution is 2.18. The highest BCUT2D eigenvalue weighted by atomic mass is 28.3. The van der Waals surface area contributed by atoms with Gasteiger partial charge in [0, 0.05) is 6.04 Å². The van der Waals surface area contributed by atoms with Crippen molar-refractivity contribution < 1.29 is 0 Å². The molecule has 1 nitrogen and oxygen atoms in total. The molecule has 1 atom stereocenters. The van der Waals surface area contributed by atoms with E-state index in [9.17, 15) is 0 Å². The first kappa shape index (κ1) is 13.2. The van der Waals surface area contributed by atoms with Gasteiger partial charge in [-0.2, -0.15) is 0 Å². The average Bonchev–Trinajstić information content (AvgIpc) is 2.28. The van der Waals surface area contributed by atoms with Crippen LogP contribution in [0.25, 0.3) is 0 Å². The van der Waals surface area contributed by atoms with Gasteiger partial charge in [0.1, 0.15) is 8.07 Å². The first-order valence-electron chi connectivity index (χ1n) is 5.79. The van der Waals surface area contributed by atoms with Crippen LogP contribution in [0.4, 0.5) is 0 Å². The molecule has 0 radical (unpaired) electrons. The van der Waals surface area contributed by atoms with Gasteiger partial charge in [-0.15, -0.1) is 6.58 Å². The molecule has 0 aromatic heterocycles. The van der Waals surface area contributed by atoms with E-state index >= 15 is 0 Å². The van der Waals surface area contributed by atoms with Crippen LogP contribution in [-0.4, -0.2) is 27.1 Å². The molecule has 0 aliphatic carbocycles. The van der Waals surface area contributed by atoms with Crippen molar-refractivity contribution in [1.29, 1.82) is 0 Å². The van der Waals surface area contributed by atoms with Crippen molar-refractivity contribution in [2.45, 2.75) is 26.1 Å². The molecule has 0 saturated heterocycles. The summed E-state index contributed by atoms with van der Waals surface area (Å²) in [6.07, 6.45) is 0. The number of rotatable bonds is 4. The molecule has 0 aliphatic rings. The van der Waals surface area contributed by atoms with Gasteiger partial charge in [-0.1, -0.05) is 48.2 Å². The van der Waals surface area contributed by atoms with Crippen LogP contribution in [0.2, 0.25) is 13.1 Å². The Bertz CT molecular complexity index is 369. The Morgan fingerprint density at radius 2 is 1.81 bits per heavy atom. The van der Waals surface area contributed by atoms with E-state index in [1.54, 1.807) is 0 Å². The Balaban J connectivity index is 3.25. The molecule has 0 aliphatic heterocycles. The molecule has 0 heterocycles. The Hall–Kier alpha value is -0.863. The van der Waals surface area contributed by atoms with Gasteiger partial charge in [0.05, 0.1) is 0 Å². The quantitative estimate of drug-likeness (QED) is 0.723. The molecule has 1 rings (SSSR count). The summed E-state index contributed by atoms with van der Waals surface area (Å²) < 4.78 is 0. The number of nitrogens with zero attached hydrogens (tertiary/aromatic N) is 1. The van der Waals surface area contributed by atoms with E-state index in [0.717, 1.165) is 0 Å². The minimum atomic E-state index is -1.47. The summed E-state index contributed by atoms with van der Waals surface area (Å²) in [6, 6.07) is 9.25. The van der Waals surface area contributed by atoms with Gasteiger partial charge >= 0.3 is 0 Å². The SMILES string of the molecule is C=C[Si](C)(C)c1ccccc1[C@@H](C)N(C)C. The Labute approximate surface area is 101 Å². The molecule has 0 N–H and O–H groups in total. The highest BCUT2D eigenvalue weighted by molar-refractivity contribution is 6.94. The summed E-state index contributed by atoms with van der Waals surface area (Å²) in [5.41, 5.74) is 3.61. The second-order valence-electron chi connectivity index (χ2n) is 5.15. The zero-order valence-corrected chi connectivity index (χ0v) is 12.1. The van der Waals surface area contributed by atoms with Gasteiger partial charge in [-0.25, -0.2) is 0 Å². The van der Waals surface area contributed by atoms with Gasteiger partial charge in [-0.05, 0) is 26.6 Å². The van der Waals surface area contributed by atoms with Crippen molar-refractivity contribution in [1.82, 2.24) is 4.90 Å². The normalized spacial score (nSPS) is 13.9. The minimum absolute atomic E-state index is 0.461. The number of benzene rings is 1. The van der Waals surface area contributed by atoms with Crippen LogP contribution in [0.1, 0.15) is 18.5 Å². The van der Waals surface area contributed by atoms with Crippen LogP contribution in [0.3, 0.4) is 0 Å². The topological polar surface area (TPSA) is 3.24 Å². The second-order valence-corrected chi connectivity index (χ2v) is 9.54. The van der Waals surface area contributed by atoms with Crippen LogP contribution in [-0.2, 0) is 0 Å². The Kier molecular flexibility index (Phi) is 4.11. The minimum Gasteiger partial charge on any atom is -0.303 e. The molecule has 0 spiro atoms. The van der Waals surface area contributed by atoms with Crippen LogP contribution in [0.5, 0.6) is 0 Å². The molecule has 1 aromatic carbocycles. The standard InChI is InChI=1S/C14H23NSi/c1-7-16(5,6)14-11-9-8-10-13(14)12(2)15(3)4/h7-12H,1H2,2-6H3/t12-/m1/s1. The van der Waals surface area contributed by atoms with E-state index < -0.39 is 8.07 Å². The lowest BCUT2D eigenvalue weighted by atomic mass is 10.1. The first-order chi connectivity index (χ1) is 7.40. The van der Waals surface area contributed by atoms with E-state index in [1.165, 1.54) is 10.8 Å². The van der Waals surface area contributed by atoms with E-state index in [2.05, 4.69) is 75.6 Å². The van der Waals surface area contributed by atoms with Gasteiger partial charge in [-0.3, -0.25) is 0 Å². The van der Waals surface area contributed by atoms with Crippen molar-refractivity contribution in [2.24, 2.45) is 0 Å². The summed E-state index contributed by atoms with van der Waals surface area (Å²) in [7, 11) is 2.79. The highest BCUT2D eigenvalue weighted by Gasteiger charge is 2.24. The van der Waals surface area contributed by atoms with Crippen LogP contribution >= 0.6 is 0 Å². The third kappa shape index (κ3) is 2.63. The number of hydrogen-bond acceptors (Lipinski definition) is 1. The maximum Gasteiger partial charge on any atom is 0.104 e. The van der Waals surface area contributed by atoms with E-state index in [0.29, 0.717) is 6.04 Å². The zero-order chi connectivity index (χ0) is 12.3.